The van der Waals surface area contributed by atoms with Crippen LogP contribution in [0.3, 0.4) is 0 Å². The zero-order chi connectivity index (χ0) is 9.83. The molecule has 2 radical (unpaired) electrons. The number of hydrogen-bond acceptors (Lipinski definition) is 4. The molecule has 2 N–H and O–H groups in total. The largest absolute Gasteiger partial charge is 0.251 e. The summed E-state index contributed by atoms with van der Waals surface area (Å²) in [6, 6.07) is 0. The van der Waals surface area contributed by atoms with Crippen molar-refractivity contribution in [3.63, 3.8) is 0 Å². The van der Waals surface area contributed by atoms with Gasteiger partial charge in [-0.05, 0) is 40.5 Å². The standard InChI is InChI=1S/C8H18O4.2Na/c1-7(2,11-9)5-6-8(3,4)12-10;;/h9-10H,5-6H2,1-4H3;;. The van der Waals surface area contributed by atoms with Gasteiger partial charge in [-0.25, -0.2) is 9.78 Å². The fourth-order valence-corrected chi connectivity index (χ4v) is 0.693. The maximum Gasteiger partial charge on any atom is 0.0978 e. The van der Waals surface area contributed by atoms with Crippen LogP contribution in [0.5, 0.6) is 0 Å². The molecule has 0 aliphatic rings. The van der Waals surface area contributed by atoms with Crippen LogP contribution in [0.4, 0.5) is 0 Å². The Hall–Kier alpha value is 1.84. The van der Waals surface area contributed by atoms with Crippen LogP contribution in [0, 0.1) is 0 Å². The molecule has 0 fully saturated rings. The van der Waals surface area contributed by atoms with Gasteiger partial charge in [0.1, 0.15) is 0 Å². The molecule has 0 rings (SSSR count). The average Bonchev–Trinajstić information content (AvgIpc) is 2.02. The molecule has 0 atom stereocenters. The summed E-state index contributed by atoms with van der Waals surface area (Å²) in [5.74, 6) is 0. The zero-order valence-corrected chi connectivity index (χ0v) is 14.1. The Balaban J connectivity index is -0.000000605. The first kappa shape index (κ1) is 21.2. The summed E-state index contributed by atoms with van der Waals surface area (Å²) in [6.45, 7) is 7.06. The van der Waals surface area contributed by atoms with Crippen LogP contribution in [-0.2, 0) is 9.78 Å². The van der Waals surface area contributed by atoms with E-state index in [-0.39, 0.29) is 59.1 Å². The van der Waals surface area contributed by atoms with E-state index in [0.717, 1.165) is 0 Å². The van der Waals surface area contributed by atoms with Crippen molar-refractivity contribution in [1.29, 1.82) is 0 Å². The van der Waals surface area contributed by atoms with Crippen molar-refractivity contribution in [1.82, 2.24) is 0 Å². The maximum atomic E-state index is 8.46. The van der Waals surface area contributed by atoms with Gasteiger partial charge in [-0.2, -0.15) is 0 Å². The predicted octanol–water partition coefficient (Wildman–Crippen LogP) is 1.54. The third-order valence-electron chi connectivity index (χ3n) is 1.82. The number of rotatable bonds is 5. The summed E-state index contributed by atoms with van der Waals surface area (Å²) >= 11 is 0. The van der Waals surface area contributed by atoms with Crippen molar-refractivity contribution in [2.45, 2.75) is 51.7 Å². The molecule has 14 heavy (non-hydrogen) atoms. The Labute approximate surface area is 130 Å². The first-order valence-electron chi connectivity index (χ1n) is 3.98. The second-order valence-electron chi connectivity index (χ2n) is 4.20. The molecule has 0 aromatic carbocycles. The average molecular weight is 224 g/mol. The van der Waals surface area contributed by atoms with E-state index in [0.29, 0.717) is 12.8 Å². The van der Waals surface area contributed by atoms with Crippen molar-refractivity contribution in [2.24, 2.45) is 0 Å². The molecule has 0 unspecified atom stereocenters. The zero-order valence-electron chi connectivity index (χ0n) is 10.1. The molecule has 0 saturated heterocycles. The van der Waals surface area contributed by atoms with Gasteiger partial charge in [0.05, 0.1) is 11.2 Å². The van der Waals surface area contributed by atoms with E-state index in [1.165, 1.54) is 0 Å². The van der Waals surface area contributed by atoms with E-state index in [1.54, 1.807) is 27.7 Å². The van der Waals surface area contributed by atoms with E-state index in [4.69, 9.17) is 10.5 Å². The van der Waals surface area contributed by atoms with Crippen LogP contribution in [0.2, 0.25) is 0 Å². The first-order valence-corrected chi connectivity index (χ1v) is 3.98. The van der Waals surface area contributed by atoms with Crippen molar-refractivity contribution in [3.05, 3.63) is 0 Å². The predicted molar refractivity (Wildman–Crippen MR) is 56.3 cm³/mol. The van der Waals surface area contributed by atoms with Crippen molar-refractivity contribution >= 4 is 59.1 Å². The quantitative estimate of drug-likeness (QED) is 0.422. The third kappa shape index (κ3) is 10.4. The molecular formula is C8H18Na2O4. The molecular weight excluding hydrogens is 206 g/mol. The molecule has 0 amide bonds. The van der Waals surface area contributed by atoms with E-state index in [2.05, 4.69) is 9.78 Å². The van der Waals surface area contributed by atoms with Crippen LogP contribution in [-0.4, -0.2) is 80.8 Å². The first-order chi connectivity index (χ1) is 5.33. The Morgan fingerprint density at radius 3 is 1.14 bits per heavy atom. The van der Waals surface area contributed by atoms with Crippen LogP contribution < -0.4 is 0 Å². The minimum absolute atomic E-state index is 0. The van der Waals surface area contributed by atoms with E-state index >= 15 is 0 Å². The summed E-state index contributed by atoms with van der Waals surface area (Å²) in [7, 11) is 0. The summed E-state index contributed by atoms with van der Waals surface area (Å²) < 4.78 is 0. The van der Waals surface area contributed by atoms with Crippen molar-refractivity contribution in [2.75, 3.05) is 0 Å². The van der Waals surface area contributed by atoms with Gasteiger partial charge >= 0.3 is 0 Å². The van der Waals surface area contributed by atoms with Gasteiger partial charge in [0.15, 0.2) is 0 Å². The second-order valence-corrected chi connectivity index (χ2v) is 4.20. The molecule has 0 saturated carbocycles. The van der Waals surface area contributed by atoms with Crippen LogP contribution in [0.15, 0.2) is 0 Å². The molecule has 4 nitrogen and oxygen atoms in total. The van der Waals surface area contributed by atoms with Gasteiger partial charge in [0.25, 0.3) is 0 Å². The monoisotopic (exact) mass is 224 g/mol. The Kier molecular flexibility index (Phi) is 13.5. The Morgan fingerprint density at radius 2 is 1.00 bits per heavy atom. The summed E-state index contributed by atoms with van der Waals surface area (Å²) in [5, 5.41) is 16.9. The van der Waals surface area contributed by atoms with Crippen molar-refractivity contribution < 1.29 is 20.3 Å². The SMILES string of the molecule is CC(C)(CCC(C)(C)OO)OO.[Na].[Na]. The molecule has 0 aromatic rings. The van der Waals surface area contributed by atoms with Crippen LogP contribution >= 0.6 is 0 Å². The molecule has 76 valence electrons. The van der Waals surface area contributed by atoms with Crippen molar-refractivity contribution in [3.8, 4) is 0 Å². The van der Waals surface area contributed by atoms with E-state index in [1.807, 2.05) is 0 Å². The third-order valence-corrected chi connectivity index (χ3v) is 1.82. The van der Waals surface area contributed by atoms with Crippen LogP contribution in [0.25, 0.3) is 0 Å². The fourth-order valence-electron chi connectivity index (χ4n) is 0.693. The molecule has 0 bridgehead atoms. The molecule has 0 heterocycles. The van der Waals surface area contributed by atoms with Gasteiger partial charge < -0.3 is 0 Å². The van der Waals surface area contributed by atoms with Gasteiger partial charge in [0, 0.05) is 59.1 Å². The summed E-state index contributed by atoms with van der Waals surface area (Å²) in [6.07, 6.45) is 1.22. The molecule has 0 aromatic heterocycles. The summed E-state index contributed by atoms with van der Waals surface area (Å²) in [4.78, 5) is 8.48. The van der Waals surface area contributed by atoms with E-state index in [9.17, 15) is 0 Å². The van der Waals surface area contributed by atoms with Gasteiger partial charge in [0.2, 0.25) is 0 Å². The van der Waals surface area contributed by atoms with Crippen LogP contribution in [0.1, 0.15) is 40.5 Å². The molecule has 0 aliphatic heterocycles. The Morgan fingerprint density at radius 1 is 0.786 bits per heavy atom. The normalized spacial score (nSPS) is 11.6. The minimum atomic E-state index is -0.587. The van der Waals surface area contributed by atoms with Gasteiger partial charge in [-0.1, -0.05) is 0 Å². The summed E-state index contributed by atoms with van der Waals surface area (Å²) in [5.41, 5.74) is -1.17. The maximum absolute atomic E-state index is 8.46. The topological polar surface area (TPSA) is 58.9 Å². The second kappa shape index (κ2) is 8.93. The smallest absolute Gasteiger partial charge is 0.0978 e. The molecule has 0 spiro atoms. The fraction of sp³-hybridized carbons (Fsp3) is 1.00. The Bertz CT molecular complexity index is 123. The van der Waals surface area contributed by atoms with Gasteiger partial charge in [-0.3, -0.25) is 10.5 Å². The number of hydrogen-bond donors (Lipinski definition) is 2. The molecule has 6 heteroatoms. The minimum Gasteiger partial charge on any atom is -0.251 e. The van der Waals surface area contributed by atoms with E-state index < -0.39 is 11.2 Å². The van der Waals surface area contributed by atoms with Gasteiger partial charge in [-0.15, -0.1) is 0 Å². The molecule has 0 aliphatic carbocycles.